The van der Waals surface area contributed by atoms with E-state index in [-0.39, 0.29) is 6.61 Å². The molecule has 0 aliphatic carbocycles. The van der Waals surface area contributed by atoms with Crippen molar-refractivity contribution in [3.8, 4) is 0 Å². The molecular weight excluding hydrogens is 464 g/mol. The van der Waals surface area contributed by atoms with Crippen LogP contribution in [0.2, 0.25) is 0 Å². The highest BCUT2D eigenvalue weighted by Gasteiger charge is 2.17. The van der Waals surface area contributed by atoms with E-state index in [0.717, 1.165) is 0 Å². The minimum atomic E-state index is -0.567. The Balaban J connectivity index is 0.000000381. The van der Waals surface area contributed by atoms with E-state index in [1.165, 1.54) is 6.08 Å². The van der Waals surface area contributed by atoms with Gasteiger partial charge < -0.3 is 19.9 Å². The maximum atomic E-state index is 11.6. The molecule has 0 fully saturated rings. The first-order valence-corrected chi connectivity index (χ1v) is 11.2. The van der Waals surface area contributed by atoms with Crippen LogP contribution in [-0.4, -0.2) is 36.1 Å². The van der Waals surface area contributed by atoms with Crippen molar-refractivity contribution in [2.45, 2.75) is 52.7 Å². The number of hydrogen-bond donors (Lipinski definition) is 4. The Hall–Kier alpha value is -4.21. The van der Waals surface area contributed by atoms with Crippen LogP contribution in [0.1, 0.15) is 41.5 Å². The second-order valence-electron chi connectivity index (χ2n) is 9.47. The second-order valence-corrected chi connectivity index (χ2v) is 9.47. The number of nitrogens with one attached hydrogen (secondary N) is 3. The van der Waals surface area contributed by atoms with Crippen LogP contribution in [0.4, 0.5) is 37.1 Å². The largest absolute Gasteiger partial charge is 0.445 e. The van der Waals surface area contributed by atoms with Crippen LogP contribution in [0.5, 0.6) is 0 Å². The molecule has 0 unspecified atom stereocenters. The van der Waals surface area contributed by atoms with Crippen molar-refractivity contribution in [2.75, 3.05) is 28.3 Å². The summed E-state index contributed by atoms with van der Waals surface area (Å²) in [6, 6.07) is 13.4. The molecule has 0 atom stereocenters. The maximum absolute atomic E-state index is 11.6. The highest BCUT2D eigenvalue weighted by atomic mass is 16.6. The molecule has 2 aromatic rings. The van der Waals surface area contributed by atoms with Crippen molar-refractivity contribution >= 4 is 41.0 Å². The van der Waals surface area contributed by atoms with Crippen molar-refractivity contribution in [1.82, 2.24) is 0 Å². The van der Waals surface area contributed by atoms with E-state index in [1.807, 2.05) is 20.8 Å². The summed E-state index contributed by atoms with van der Waals surface area (Å²) in [5, 5.41) is 7.75. The van der Waals surface area contributed by atoms with Gasteiger partial charge in [0, 0.05) is 22.7 Å². The molecule has 196 valence electrons. The van der Waals surface area contributed by atoms with Crippen LogP contribution < -0.4 is 21.7 Å². The van der Waals surface area contributed by atoms with Gasteiger partial charge in [-0.15, -0.1) is 0 Å². The first-order chi connectivity index (χ1) is 16.7. The molecule has 2 rings (SSSR count). The molecule has 0 heterocycles. The highest BCUT2D eigenvalue weighted by Crippen LogP contribution is 2.16. The molecule has 0 saturated heterocycles. The van der Waals surface area contributed by atoms with E-state index in [1.54, 1.807) is 69.3 Å². The molecule has 5 N–H and O–H groups in total. The Morgan fingerprint density at radius 3 is 1.39 bits per heavy atom. The summed E-state index contributed by atoms with van der Waals surface area (Å²) in [6.45, 7) is 14.4. The van der Waals surface area contributed by atoms with Gasteiger partial charge in [0.05, 0.1) is 0 Å². The Morgan fingerprint density at radius 1 is 0.722 bits per heavy atom. The summed E-state index contributed by atoms with van der Waals surface area (Å²) in [7, 11) is 0. The molecule has 0 aliphatic heterocycles. The number of hydrogen-bond acceptors (Lipinski definition) is 7. The van der Waals surface area contributed by atoms with Crippen LogP contribution in [0.3, 0.4) is 0 Å². The van der Waals surface area contributed by atoms with E-state index in [4.69, 9.17) is 19.9 Å². The summed E-state index contributed by atoms with van der Waals surface area (Å²) in [5.41, 5.74) is 6.91. The Kier molecular flexibility index (Phi) is 11.3. The van der Waals surface area contributed by atoms with Crippen molar-refractivity contribution in [3.05, 3.63) is 61.2 Å². The molecule has 3 amide bonds. The molecule has 36 heavy (non-hydrogen) atoms. The van der Waals surface area contributed by atoms with Gasteiger partial charge in [-0.1, -0.05) is 12.7 Å². The van der Waals surface area contributed by atoms with E-state index in [9.17, 15) is 14.4 Å². The van der Waals surface area contributed by atoms with Crippen LogP contribution in [0.25, 0.3) is 0 Å². The maximum Gasteiger partial charge on any atom is 0.412 e. The number of nitrogen functional groups attached to an aromatic ring is 1. The fourth-order valence-corrected chi connectivity index (χ4v) is 2.33. The lowest BCUT2D eigenvalue weighted by atomic mass is 10.2. The normalized spacial score (nSPS) is 10.6. The number of nitrogens with two attached hydrogens (primary N) is 1. The van der Waals surface area contributed by atoms with E-state index in [2.05, 4.69) is 22.5 Å². The molecule has 0 saturated carbocycles. The lowest BCUT2D eigenvalue weighted by molar-refractivity contribution is 0.0624. The molecule has 10 nitrogen and oxygen atoms in total. The molecular formula is C26H36N4O6. The third kappa shape index (κ3) is 14.1. The van der Waals surface area contributed by atoms with Crippen molar-refractivity contribution in [3.63, 3.8) is 0 Å². The third-order valence-electron chi connectivity index (χ3n) is 3.66. The quantitative estimate of drug-likeness (QED) is 0.212. The summed E-state index contributed by atoms with van der Waals surface area (Å²) in [5.74, 6) is 0. The molecule has 0 radical (unpaired) electrons. The van der Waals surface area contributed by atoms with Crippen molar-refractivity contribution in [1.29, 1.82) is 0 Å². The van der Waals surface area contributed by atoms with Crippen LogP contribution >= 0.6 is 0 Å². The standard InChI is InChI=1S/C15H20N2O4.C11H16N2O2/c1-5-10-20-13(18)16-11-6-8-12(9-7-11)17-14(19)21-15(2,3)4;1-11(2,3)15-10(14)13-9-6-4-8(12)5-7-9/h5-9H,1,10H2,2-4H3,(H,16,18)(H,17,19);4-7H,12H2,1-3H3,(H,13,14). The SMILES string of the molecule is C=CCOC(=O)Nc1ccc(NC(=O)OC(C)(C)C)cc1.CC(C)(C)OC(=O)Nc1ccc(N)cc1. The predicted molar refractivity (Wildman–Crippen MR) is 142 cm³/mol. The third-order valence-corrected chi connectivity index (χ3v) is 3.66. The summed E-state index contributed by atoms with van der Waals surface area (Å²) in [6.07, 6.45) is -0.0865. The first kappa shape index (κ1) is 29.8. The van der Waals surface area contributed by atoms with E-state index in [0.29, 0.717) is 22.7 Å². The highest BCUT2D eigenvalue weighted by molar-refractivity contribution is 5.87. The second kappa shape index (κ2) is 13.6. The number of rotatable bonds is 5. The molecule has 2 aromatic carbocycles. The van der Waals surface area contributed by atoms with Gasteiger partial charge in [0.2, 0.25) is 0 Å². The van der Waals surface area contributed by atoms with Crippen LogP contribution in [0, 0.1) is 0 Å². The van der Waals surface area contributed by atoms with Crippen molar-refractivity contribution in [2.24, 2.45) is 0 Å². The van der Waals surface area contributed by atoms with Crippen LogP contribution in [0.15, 0.2) is 61.2 Å². The Morgan fingerprint density at radius 2 is 1.06 bits per heavy atom. The number of carbonyl (C=O) groups is 3. The molecule has 0 bridgehead atoms. The minimum Gasteiger partial charge on any atom is -0.445 e. The molecule has 0 aliphatic rings. The zero-order valence-corrected chi connectivity index (χ0v) is 21.6. The number of benzene rings is 2. The smallest absolute Gasteiger partial charge is 0.412 e. The Bertz CT molecular complexity index is 1010. The average molecular weight is 501 g/mol. The number of ether oxygens (including phenoxy) is 3. The number of carbonyl (C=O) groups excluding carboxylic acids is 3. The van der Waals surface area contributed by atoms with Gasteiger partial charge in [0.1, 0.15) is 17.8 Å². The molecule has 0 spiro atoms. The summed E-state index contributed by atoms with van der Waals surface area (Å²) < 4.78 is 15.0. The monoisotopic (exact) mass is 500 g/mol. The fourth-order valence-electron chi connectivity index (χ4n) is 2.33. The average Bonchev–Trinajstić information content (AvgIpc) is 2.73. The van der Waals surface area contributed by atoms with E-state index >= 15 is 0 Å². The van der Waals surface area contributed by atoms with E-state index < -0.39 is 29.5 Å². The molecule has 0 aromatic heterocycles. The number of amides is 3. The lowest BCUT2D eigenvalue weighted by Gasteiger charge is -2.19. The number of anilines is 4. The summed E-state index contributed by atoms with van der Waals surface area (Å²) >= 11 is 0. The predicted octanol–water partition coefficient (Wildman–Crippen LogP) is 6.38. The summed E-state index contributed by atoms with van der Waals surface area (Å²) in [4.78, 5) is 34.2. The Labute approximate surface area is 212 Å². The first-order valence-electron chi connectivity index (χ1n) is 11.2. The van der Waals surface area contributed by atoms with Gasteiger partial charge in [-0.05, 0) is 90.1 Å². The molecule has 10 heteroatoms. The fraction of sp³-hybridized carbons (Fsp3) is 0.346. The van der Waals surface area contributed by atoms with Gasteiger partial charge >= 0.3 is 18.3 Å². The lowest BCUT2D eigenvalue weighted by Crippen LogP contribution is -2.27. The van der Waals surface area contributed by atoms with Gasteiger partial charge in [0.25, 0.3) is 0 Å². The van der Waals surface area contributed by atoms with Crippen LogP contribution in [-0.2, 0) is 14.2 Å². The zero-order valence-electron chi connectivity index (χ0n) is 21.6. The van der Waals surface area contributed by atoms with Crippen molar-refractivity contribution < 1.29 is 28.6 Å². The minimum absolute atomic E-state index is 0.143. The van der Waals surface area contributed by atoms with Gasteiger partial charge in [-0.25, -0.2) is 14.4 Å². The van der Waals surface area contributed by atoms with Gasteiger partial charge in [-0.3, -0.25) is 16.0 Å². The van der Waals surface area contributed by atoms with Gasteiger partial charge in [-0.2, -0.15) is 0 Å². The zero-order chi connectivity index (χ0) is 27.4. The topological polar surface area (TPSA) is 141 Å². The van der Waals surface area contributed by atoms with Gasteiger partial charge in [0.15, 0.2) is 0 Å².